The molecule has 0 aliphatic carbocycles. The molecule has 122 valence electrons. The molecule has 4 nitrogen and oxygen atoms in total. The Bertz CT molecular complexity index is 645. The first-order valence-electron chi connectivity index (χ1n) is 6.98. The second-order valence-corrected chi connectivity index (χ2v) is 4.84. The van der Waals surface area contributed by atoms with Crippen LogP contribution in [0.15, 0.2) is 48.5 Å². The zero-order valence-corrected chi connectivity index (χ0v) is 12.6. The highest BCUT2D eigenvalue weighted by molar-refractivity contribution is 5.94. The number of ether oxygens (including phenoxy) is 2. The molecule has 0 unspecified atom stereocenters. The van der Waals surface area contributed by atoms with Gasteiger partial charge in [-0.2, -0.15) is 8.78 Å². The maximum absolute atomic E-state index is 12.2. The van der Waals surface area contributed by atoms with Gasteiger partial charge < -0.3 is 14.8 Å². The Morgan fingerprint density at radius 2 is 1.87 bits per heavy atom. The summed E-state index contributed by atoms with van der Waals surface area (Å²) in [5, 5.41) is 2.73. The average Bonchev–Trinajstić information content (AvgIpc) is 2.53. The maximum Gasteiger partial charge on any atom is 0.387 e. The first kappa shape index (κ1) is 16.9. The molecule has 1 N–H and O–H groups in total. The highest BCUT2D eigenvalue weighted by Crippen LogP contribution is 2.16. The number of carbonyl (C=O) groups is 1. The van der Waals surface area contributed by atoms with Crippen molar-refractivity contribution in [2.45, 2.75) is 19.8 Å². The molecule has 0 heterocycles. The Balaban J connectivity index is 1.93. The molecule has 0 spiro atoms. The number of methoxy groups -OCH3 is 1. The van der Waals surface area contributed by atoms with E-state index in [0.717, 1.165) is 5.56 Å². The Hall–Kier alpha value is -2.47. The normalized spacial score (nSPS) is 10.6. The maximum atomic E-state index is 12.2. The Morgan fingerprint density at radius 1 is 1.13 bits per heavy atom. The van der Waals surface area contributed by atoms with Gasteiger partial charge in [0.1, 0.15) is 5.75 Å². The predicted octanol–water partition coefficient (Wildman–Crippen LogP) is 3.36. The van der Waals surface area contributed by atoms with E-state index in [9.17, 15) is 13.6 Å². The summed E-state index contributed by atoms with van der Waals surface area (Å²) in [6.45, 7) is -2.16. The molecular weight excluding hydrogens is 304 g/mol. The molecule has 0 aliphatic rings. The first-order valence-corrected chi connectivity index (χ1v) is 6.98. The van der Waals surface area contributed by atoms with E-state index in [-0.39, 0.29) is 18.2 Å². The predicted molar refractivity (Wildman–Crippen MR) is 81.4 cm³/mol. The van der Waals surface area contributed by atoms with Crippen LogP contribution in [0.5, 0.6) is 5.75 Å². The van der Waals surface area contributed by atoms with E-state index in [0.29, 0.717) is 17.7 Å². The number of nitrogens with one attached hydrogen (secondary N) is 1. The highest BCUT2D eigenvalue weighted by Gasteiger charge is 2.07. The second-order valence-electron chi connectivity index (χ2n) is 4.84. The molecule has 23 heavy (non-hydrogen) atoms. The lowest BCUT2D eigenvalue weighted by atomic mass is 10.1. The molecule has 0 bridgehead atoms. The largest absolute Gasteiger partial charge is 0.435 e. The number of hydrogen-bond donors (Lipinski definition) is 1. The molecule has 0 fully saturated rings. The number of carbonyl (C=O) groups excluding carboxylic acids is 1. The van der Waals surface area contributed by atoms with Crippen LogP contribution in [0.25, 0.3) is 0 Å². The van der Waals surface area contributed by atoms with E-state index in [1.54, 1.807) is 31.4 Å². The van der Waals surface area contributed by atoms with Gasteiger partial charge in [0.05, 0.1) is 6.61 Å². The summed E-state index contributed by atoms with van der Waals surface area (Å²) in [6, 6.07) is 13.3. The number of benzene rings is 2. The van der Waals surface area contributed by atoms with Crippen LogP contribution in [0.3, 0.4) is 0 Å². The third-order valence-corrected chi connectivity index (χ3v) is 3.10. The van der Waals surface area contributed by atoms with Crippen molar-refractivity contribution in [3.05, 3.63) is 65.2 Å². The summed E-state index contributed by atoms with van der Waals surface area (Å²) in [5.41, 5.74) is 2.17. The molecule has 6 heteroatoms. The molecule has 2 aromatic carbocycles. The summed E-state index contributed by atoms with van der Waals surface area (Å²) in [6.07, 6.45) is 0. The van der Waals surface area contributed by atoms with Gasteiger partial charge in [-0.1, -0.05) is 24.3 Å². The minimum Gasteiger partial charge on any atom is -0.435 e. The van der Waals surface area contributed by atoms with E-state index in [2.05, 4.69) is 10.1 Å². The molecule has 2 aromatic rings. The number of halogens is 2. The third kappa shape index (κ3) is 5.34. The highest BCUT2D eigenvalue weighted by atomic mass is 19.3. The molecule has 0 atom stereocenters. The molecule has 0 radical (unpaired) electrons. The van der Waals surface area contributed by atoms with E-state index in [1.807, 2.05) is 12.1 Å². The minimum absolute atomic E-state index is 0.0654. The minimum atomic E-state index is -2.87. The van der Waals surface area contributed by atoms with Gasteiger partial charge in [0.2, 0.25) is 0 Å². The zero-order valence-electron chi connectivity index (χ0n) is 12.6. The Morgan fingerprint density at radius 3 is 2.52 bits per heavy atom. The number of alkyl halides is 2. The molecular formula is C17H17F2NO3. The van der Waals surface area contributed by atoms with Gasteiger partial charge in [-0.3, -0.25) is 4.79 Å². The van der Waals surface area contributed by atoms with Crippen molar-refractivity contribution < 1.29 is 23.0 Å². The second kappa shape index (κ2) is 8.24. The summed E-state index contributed by atoms with van der Waals surface area (Å²) < 4.78 is 33.7. The third-order valence-electron chi connectivity index (χ3n) is 3.10. The van der Waals surface area contributed by atoms with E-state index in [4.69, 9.17) is 4.74 Å². The van der Waals surface area contributed by atoms with Crippen LogP contribution >= 0.6 is 0 Å². The molecule has 1 amide bonds. The van der Waals surface area contributed by atoms with Crippen LogP contribution in [0, 0.1) is 0 Å². The smallest absolute Gasteiger partial charge is 0.387 e. The molecule has 0 aromatic heterocycles. The van der Waals surface area contributed by atoms with Crippen molar-refractivity contribution in [3.63, 3.8) is 0 Å². The van der Waals surface area contributed by atoms with Crippen molar-refractivity contribution in [2.24, 2.45) is 0 Å². The van der Waals surface area contributed by atoms with Gasteiger partial charge in [-0.05, 0) is 35.4 Å². The van der Waals surface area contributed by atoms with Crippen molar-refractivity contribution in [1.82, 2.24) is 5.32 Å². The number of amides is 1. The summed E-state index contributed by atoms with van der Waals surface area (Å²) in [7, 11) is 1.60. The fraction of sp³-hybridized carbons (Fsp3) is 0.235. The van der Waals surface area contributed by atoms with Crippen LogP contribution in [0.2, 0.25) is 0 Å². The van der Waals surface area contributed by atoms with Gasteiger partial charge in [-0.15, -0.1) is 0 Å². The van der Waals surface area contributed by atoms with Gasteiger partial charge in [0.15, 0.2) is 0 Å². The van der Waals surface area contributed by atoms with Crippen LogP contribution in [0.4, 0.5) is 8.78 Å². The van der Waals surface area contributed by atoms with E-state index >= 15 is 0 Å². The zero-order chi connectivity index (χ0) is 16.7. The summed E-state index contributed by atoms with van der Waals surface area (Å²) in [5.74, 6) is -0.176. The topological polar surface area (TPSA) is 47.6 Å². The van der Waals surface area contributed by atoms with Crippen molar-refractivity contribution >= 4 is 5.91 Å². The van der Waals surface area contributed by atoms with Crippen LogP contribution in [-0.4, -0.2) is 19.6 Å². The lowest BCUT2D eigenvalue weighted by molar-refractivity contribution is -0.0498. The SMILES string of the molecule is COCc1ccc(C(=O)NCc2cccc(OC(F)F)c2)cc1. The van der Waals surface area contributed by atoms with Gasteiger partial charge in [-0.25, -0.2) is 0 Å². The fourth-order valence-corrected chi connectivity index (χ4v) is 2.04. The first-order chi connectivity index (χ1) is 11.1. The van der Waals surface area contributed by atoms with Crippen molar-refractivity contribution in [2.75, 3.05) is 7.11 Å². The number of rotatable bonds is 7. The van der Waals surface area contributed by atoms with Crippen molar-refractivity contribution in [3.8, 4) is 5.75 Å². The van der Waals surface area contributed by atoms with Gasteiger partial charge >= 0.3 is 6.61 Å². The van der Waals surface area contributed by atoms with E-state index in [1.165, 1.54) is 12.1 Å². The van der Waals surface area contributed by atoms with E-state index < -0.39 is 6.61 Å². The standard InChI is InChI=1S/C17H17F2NO3/c1-22-11-12-5-7-14(8-6-12)16(21)20-10-13-3-2-4-15(9-13)23-17(18)19/h2-9,17H,10-11H2,1H3,(H,20,21). The molecule has 2 rings (SSSR count). The quantitative estimate of drug-likeness (QED) is 0.850. The van der Waals surface area contributed by atoms with Gasteiger partial charge in [0.25, 0.3) is 5.91 Å². The van der Waals surface area contributed by atoms with Gasteiger partial charge in [0, 0.05) is 19.2 Å². The molecule has 0 saturated heterocycles. The van der Waals surface area contributed by atoms with Crippen molar-refractivity contribution in [1.29, 1.82) is 0 Å². The lowest BCUT2D eigenvalue weighted by Gasteiger charge is -2.09. The van der Waals surface area contributed by atoms with Crippen LogP contribution in [0.1, 0.15) is 21.5 Å². The fourth-order valence-electron chi connectivity index (χ4n) is 2.04. The molecule has 0 aliphatic heterocycles. The Labute approximate surface area is 133 Å². The number of hydrogen-bond acceptors (Lipinski definition) is 3. The average molecular weight is 321 g/mol. The molecule has 0 saturated carbocycles. The summed E-state index contributed by atoms with van der Waals surface area (Å²) in [4.78, 5) is 12.1. The Kier molecular flexibility index (Phi) is 6.05. The monoisotopic (exact) mass is 321 g/mol. The van der Waals surface area contributed by atoms with Crippen LogP contribution in [-0.2, 0) is 17.9 Å². The summed E-state index contributed by atoms with van der Waals surface area (Å²) >= 11 is 0. The van der Waals surface area contributed by atoms with Crippen LogP contribution < -0.4 is 10.1 Å². The lowest BCUT2D eigenvalue weighted by Crippen LogP contribution is -2.22.